The van der Waals surface area contributed by atoms with Crippen LogP contribution in [0.15, 0.2) is 41.3 Å². The smallest absolute Gasteiger partial charge is 0.407 e. The average Bonchev–Trinajstić information content (AvgIpc) is 2.66. The van der Waals surface area contributed by atoms with Crippen LogP contribution in [0.25, 0.3) is 10.9 Å². The zero-order valence-corrected chi connectivity index (χ0v) is 18.2. The molecule has 0 unspecified atom stereocenters. The number of benzene rings is 1. The van der Waals surface area contributed by atoms with Gasteiger partial charge in [-0.3, -0.25) is 4.79 Å². The molecule has 3 aromatic rings. The van der Waals surface area contributed by atoms with Gasteiger partial charge in [-0.15, -0.1) is 0 Å². The van der Waals surface area contributed by atoms with Crippen LogP contribution in [0.4, 0.5) is 22.2 Å². The number of carbonyl (C=O) groups excluding carboxylic acids is 1. The standard InChI is InChI=1S/C22H28N6O3/c1-14-7-5-8-15(13-14)26-18-17-16(9-12-23-19(17)29)27-20(28-18)24-10-6-11-25-21(30)31-22(2,3)4/h5,7-9,12-13H,6,10-11H2,1-4H3,(H,23,29)(H,25,30)(H2,24,26,27,28). The Kier molecular flexibility index (Phi) is 6.74. The Morgan fingerprint density at radius 2 is 1.97 bits per heavy atom. The number of hydrogen-bond donors (Lipinski definition) is 4. The van der Waals surface area contributed by atoms with Gasteiger partial charge in [-0.1, -0.05) is 12.1 Å². The highest BCUT2D eigenvalue weighted by Gasteiger charge is 2.15. The number of aromatic nitrogens is 3. The maximum absolute atomic E-state index is 12.4. The lowest BCUT2D eigenvalue weighted by atomic mass is 10.2. The molecule has 4 N–H and O–H groups in total. The summed E-state index contributed by atoms with van der Waals surface area (Å²) in [5.41, 5.74) is 1.66. The molecule has 2 aromatic heterocycles. The second-order valence-corrected chi connectivity index (χ2v) is 8.17. The van der Waals surface area contributed by atoms with Gasteiger partial charge in [-0.25, -0.2) is 9.78 Å². The quantitative estimate of drug-likeness (QED) is 0.427. The number of ether oxygens (including phenoxy) is 1. The highest BCUT2D eigenvalue weighted by atomic mass is 16.6. The molecule has 0 atom stereocenters. The minimum absolute atomic E-state index is 0.263. The van der Waals surface area contributed by atoms with Crippen LogP contribution < -0.4 is 21.5 Å². The van der Waals surface area contributed by atoms with Gasteiger partial charge in [-0.05, 0) is 57.9 Å². The molecule has 2 heterocycles. The maximum Gasteiger partial charge on any atom is 0.407 e. The lowest BCUT2D eigenvalue weighted by Gasteiger charge is -2.19. The lowest BCUT2D eigenvalue weighted by Crippen LogP contribution is -2.33. The number of pyridine rings is 1. The first-order chi connectivity index (χ1) is 14.7. The van der Waals surface area contributed by atoms with E-state index < -0.39 is 11.7 Å². The van der Waals surface area contributed by atoms with E-state index in [0.717, 1.165) is 11.3 Å². The monoisotopic (exact) mass is 424 g/mol. The molecule has 0 aliphatic heterocycles. The summed E-state index contributed by atoms with van der Waals surface area (Å²) in [5, 5.41) is 9.47. The van der Waals surface area contributed by atoms with E-state index in [1.807, 2.05) is 52.0 Å². The molecule has 0 spiro atoms. The fourth-order valence-corrected chi connectivity index (χ4v) is 2.91. The minimum Gasteiger partial charge on any atom is -0.444 e. The summed E-state index contributed by atoms with van der Waals surface area (Å²) < 4.78 is 5.21. The molecule has 0 saturated carbocycles. The van der Waals surface area contributed by atoms with Crippen LogP contribution in [0.3, 0.4) is 0 Å². The molecular formula is C22H28N6O3. The summed E-state index contributed by atoms with van der Waals surface area (Å²) in [5.74, 6) is 0.817. The molecule has 31 heavy (non-hydrogen) atoms. The third-order valence-corrected chi connectivity index (χ3v) is 4.21. The second-order valence-electron chi connectivity index (χ2n) is 8.17. The van der Waals surface area contributed by atoms with E-state index in [4.69, 9.17) is 4.74 Å². The van der Waals surface area contributed by atoms with Crippen LogP contribution in [0.1, 0.15) is 32.8 Å². The summed E-state index contributed by atoms with van der Waals surface area (Å²) in [7, 11) is 0. The molecular weight excluding hydrogens is 396 g/mol. The van der Waals surface area contributed by atoms with Crippen LogP contribution in [0.2, 0.25) is 0 Å². The van der Waals surface area contributed by atoms with Crippen molar-refractivity contribution >= 4 is 34.4 Å². The zero-order chi connectivity index (χ0) is 22.4. The normalized spacial score (nSPS) is 11.2. The molecule has 0 bridgehead atoms. The van der Waals surface area contributed by atoms with Gasteiger partial charge in [0, 0.05) is 25.0 Å². The largest absolute Gasteiger partial charge is 0.444 e. The summed E-state index contributed by atoms with van der Waals surface area (Å²) in [6.45, 7) is 8.43. The molecule has 1 amide bonds. The van der Waals surface area contributed by atoms with Crippen LogP contribution in [-0.4, -0.2) is 39.7 Å². The van der Waals surface area contributed by atoms with Crippen molar-refractivity contribution in [2.75, 3.05) is 23.7 Å². The number of fused-ring (bicyclic) bond motifs is 1. The summed E-state index contributed by atoms with van der Waals surface area (Å²) in [6, 6.07) is 9.54. The SMILES string of the molecule is Cc1cccc(Nc2nc(NCCCNC(=O)OC(C)(C)C)nc3cc[nH]c(=O)c23)c1. The Morgan fingerprint density at radius 1 is 1.16 bits per heavy atom. The number of anilines is 3. The minimum atomic E-state index is -0.528. The number of nitrogens with zero attached hydrogens (tertiary/aromatic N) is 2. The van der Waals surface area contributed by atoms with E-state index in [-0.39, 0.29) is 5.56 Å². The summed E-state index contributed by atoms with van der Waals surface area (Å²) >= 11 is 0. The molecule has 9 heteroatoms. The Balaban J connectivity index is 1.69. The van der Waals surface area contributed by atoms with Crippen molar-refractivity contribution in [3.8, 4) is 0 Å². The molecule has 164 valence electrons. The number of hydrogen-bond acceptors (Lipinski definition) is 7. The molecule has 1 aromatic carbocycles. The van der Waals surface area contributed by atoms with Crippen molar-refractivity contribution in [2.24, 2.45) is 0 Å². The van der Waals surface area contributed by atoms with Gasteiger partial charge in [0.05, 0.1) is 5.52 Å². The number of H-pyrrole nitrogens is 1. The van der Waals surface area contributed by atoms with Gasteiger partial charge in [0.15, 0.2) is 0 Å². The predicted octanol–water partition coefficient (Wildman–Crippen LogP) is 3.70. The number of aryl methyl sites for hydroxylation is 1. The van der Waals surface area contributed by atoms with Crippen LogP contribution in [0.5, 0.6) is 0 Å². The van der Waals surface area contributed by atoms with Crippen molar-refractivity contribution in [3.63, 3.8) is 0 Å². The van der Waals surface area contributed by atoms with Crippen LogP contribution in [0, 0.1) is 6.92 Å². The second kappa shape index (κ2) is 9.46. The highest BCUT2D eigenvalue weighted by Crippen LogP contribution is 2.23. The number of nitrogens with one attached hydrogen (secondary N) is 4. The number of aromatic amines is 1. The summed E-state index contributed by atoms with van der Waals surface area (Å²) in [4.78, 5) is 35.7. The number of alkyl carbamates (subject to hydrolysis) is 1. The third-order valence-electron chi connectivity index (χ3n) is 4.21. The molecule has 0 radical (unpaired) electrons. The Hall–Kier alpha value is -3.62. The third kappa shape index (κ3) is 6.43. The first-order valence-corrected chi connectivity index (χ1v) is 10.2. The molecule has 9 nitrogen and oxygen atoms in total. The number of amides is 1. The van der Waals surface area contributed by atoms with Crippen molar-refractivity contribution in [2.45, 2.75) is 39.7 Å². The first kappa shape index (κ1) is 22.1. The topological polar surface area (TPSA) is 121 Å². The van der Waals surface area contributed by atoms with E-state index in [2.05, 4.69) is 30.9 Å². The Morgan fingerprint density at radius 3 is 2.71 bits per heavy atom. The van der Waals surface area contributed by atoms with Crippen LogP contribution in [-0.2, 0) is 4.74 Å². The molecule has 0 saturated heterocycles. The lowest BCUT2D eigenvalue weighted by molar-refractivity contribution is 0.0528. The van der Waals surface area contributed by atoms with Crippen molar-refractivity contribution in [3.05, 3.63) is 52.4 Å². The highest BCUT2D eigenvalue weighted by molar-refractivity contribution is 5.90. The van der Waals surface area contributed by atoms with E-state index in [1.54, 1.807) is 12.3 Å². The van der Waals surface area contributed by atoms with Gasteiger partial charge < -0.3 is 25.7 Å². The first-order valence-electron chi connectivity index (χ1n) is 10.2. The van der Waals surface area contributed by atoms with Gasteiger partial charge in [0.1, 0.15) is 16.8 Å². The Bertz CT molecular complexity index is 1120. The number of carbonyl (C=O) groups is 1. The van der Waals surface area contributed by atoms with E-state index in [9.17, 15) is 9.59 Å². The van der Waals surface area contributed by atoms with Gasteiger partial charge in [0.25, 0.3) is 5.56 Å². The van der Waals surface area contributed by atoms with Gasteiger partial charge >= 0.3 is 6.09 Å². The van der Waals surface area contributed by atoms with Crippen LogP contribution >= 0.6 is 0 Å². The fraction of sp³-hybridized carbons (Fsp3) is 0.364. The molecule has 0 aliphatic rings. The average molecular weight is 425 g/mol. The molecule has 0 fully saturated rings. The van der Waals surface area contributed by atoms with Gasteiger partial charge in [-0.2, -0.15) is 4.98 Å². The van der Waals surface area contributed by atoms with Crippen molar-refractivity contribution in [1.82, 2.24) is 20.3 Å². The van der Waals surface area contributed by atoms with Crippen molar-refractivity contribution < 1.29 is 9.53 Å². The maximum atomic E-state index is 12.4. The number of rotatable bonds is 7. The van der Waals surface area contributed by atoms with Gasteiger partial charge in [0.2, 0.25) is 5.95 Å². The van der Waals surface area contributed by atoms with E-state index in [1.165, 1.54) is 0 Å². The molecule has 0 aliphatic carbocycles. The van der Waals surface area contributed by atoms with Crippen molar-refractivity contribution in [1.29, 1.82) is 0 Å². The predicted molar refractivity (Wildman–Crippen MR) is 122 cm³/mol. The fourth-order valence-electron chi connectivity index (χ4n) is 2.91. The summed E-state index contributed by atoms with van der Waals surface area (Å²) in [6.07, 6.45) is 1.76. The Labute approximate surface area is 180 Å². The van der Waals surface area contributed by atoms with E-state index in [0.29, 0.717) is 42.2 Å². The zero-order valence-electron chi connectivity index (χ0n) is 18.2. The van der Waals surface area contributed by atoms with E-state index >= 15 is 0 Å². The molecule has 3 rings (SSSR count).